The molecule has 0 atom stereocenters. The van der Waals surface area contributed by atoms with Crippen molar-refractivity contribution in [2.45, 2.75) is 20.3 Å². The van der Waals surface area contributed by atoms with Crippen LogP contribution in [-0.4, -0.2) is 30.3 Å². The van der Waals surface area contributed by atoms with Gasteiger partial charge in [0.2, 0.25) is 0 Å². The average Bonchev–Trinajstić information content (AvgIpc) is 2.35. The van der Waals surface area contributed by atoms with Crippen LogP contribution in [0.1, 0.15) is 20.3 Å². The number of methoxy groups -OCH3 is 1. The summed E-state index contributed by atoms with van der Waals surface area (Å²) in [6, 6.07) is 4.58. The van der Waals surface area contributed by atoms with Crippen molar-refractivity contribution in [1.29, 1.82) is 0 Å². The SMILES string of the molecule is COc1ccc([N+](=O)[O-])c(NCC(C)(C)CCO)c1. The Balaban J connectivity index is 2.89. The number of nitrogens with zero attached hydrogens (tertiary/aromatic N) is 1. The number of nitro benzene ring substituents is 1. The van der Waals surface area contributed by atoms with Crippen LogP contribution >= 0.6 is 0 Å². The maximum atomic E-state index is 11.0. The van der Waals surface area contributed by atoms with Crippen molar-refractivity contribution in [1.82, 2.24) is 0 Å². The van der Waals surface area contributed by atoms with Crippen LogP contribution in [-0.2, 0) is 0 Å². The zero-order valence-corrected chi connectivity index (χ0v) is 11.5. The van der Waals surface area contributed by atoms with Crippen LogP contribution in [0.5, 0.6) is 5.75 Å². The van der Waals surface area contributed by atoms with Gasteiger partial charge in [0.1, 0.15) is 11.4 Å². The molecule has 1 aromatic carbocycles. The van der Waals surface area contributed by atoms with Crippen molar-refractivity contribution in [2.75, 3.05) is 25.6 Å². The molecule has 6 heteroatoms. The highest BCUT2D eigenvalue weighted by Gasteiger charge is 2.20. The summed E-state index contributed by atoms with van der Waals surface area (Å²) in [5.74, 6) is 0.563. The largest absolute Gasteiger partial charge is 0.497 e. The van der Waals surface area contributed by atoms with Crippen molar-refractivity contribution in [3.63, 3.8) is 0 Å². The van der Waals surface area contributed by atoms with Crippen molar-refractivity contribution < 1.29 is 14.8 Å². The third-order valence-electron chi connectivity index (χ3n) is 2.95. The van der Waals surface area contributed by atoms with Crippen LogP contribution in [0.15, 0.2) is 18.2 Å². The smallest absolute Gasteiger partial charge is 0.292 e. The summed E-state index contributed by atoms with van der Waals surface area (Å²) in [6.45, 7) is 4.60. The minimum absolute atomic E-state index is 0.0144. The molecule has 0 spiro atoms. The van der Waals surface area contributed by atoms with Gasteiger partial charge in [0.25, 0.3) is 5.69 Å². The second kappa shape index (κ2) is 6.38. The van der Waals surface area contributed by atoms with E-state index in [4.69, 9.17) is 9.84 Å². The van der Waals surface area contributed by atoms with Gasteiger partial charge < -0.3 is 15.2 Å². The number of benzene rings is 1. The lowest BCUT2D eigenvalue weighted by Crippen LogP contribution is -2.24. The summed E-state index contributed by atoms with van der Waals surface area (Å²) in [5, 5.41) is 23.0. The molecule has 0 saturated carbocycles. The Hall–Kier alpha value is -1.82. The van der Waals surface area contributed by atoms with Crippen LogP contribution < -0.4 is 10.1 Å². The van der Waals surface area contributed by atoms with Crippen LogP contribution in [0.4, 0.5) is 11.4 Å². The van der Waals surface area contributed by atoms with E-state index in [-0.39, 0.29) is 17.7 Å². The van der Waals surface area contributed by atoms with Gasteiger partial charge in [-0.1, -0.05) is 13.8 Å². The fraction of sp³-hybridized carbons (Fsp3) is 0.538. The van der Waals surface area contributed by atoms with Crippen molar-refractivity contribution in [2.24, 2.45) is 5.41 Å². The van der Waals surface area contributed by atoms with Crippen molar-refractivity contribution in [3.8, 4) is 5.75 Å². The highest BCUT2D eigenvalue weighted by Crippen LogP contribution is 2.30. The Morgan fingerprint density at radius 2 is 2.16 bits per heavy atom. The van der Waals surface area contributed by atoms with E-state index < -0.39 is 4.92 Å². The molecular weight excluding hydrogens is 248 g/mol. The summed E-state index contributed by atoms with van der Waals surface area (Å²) >= 11 is 0. The van der Waals surface area contributed by atoms with Crippen LogP contribution in [0.3, 0.4) is 0 Å². The first-order valence-electron chi connectivity index (χ1n) is 6.07. The number of nitro groups is 1. The van der Waals surface area contributed by atoms with E-state index in [1.807, 2.05) is 13.8 Å². The number of hydrogen-bond acceptors (Lipinski definition) is 5. The van der Waals surface area contributed by atoms with Gasteiger partial charge >= 0.3 is 0 Å². The van der Waals surface area contributed by atoms with Crippen LogP contribution in [0, 0.1) is 15.5 Å². The predicted molar refractivity (Wildman–Crippen MR) is 73.6 cm³/mol. The molecule has 0 fully saturated rings. The number of rotatable bonds is 7. The van der Waals surface area contributed by atoms with Gasteiger partial charge in [-0.15, -0.1) is 0 Å². The van der Waals surface area contributed by atoms with E-state index in [2.05, 4.69) is 5.32 Å². The first-order valence-corrected chi connectivity index (χ1v) is 6.07. The summed E-state index contributed by atoms with van der Waals surface area (Å²) in [4.78, 5) is 10.5. The molecule has 0 unspecified atom stereocenters. The standard InChI is InChI=1S/C13H20N2O4/c1-13(2,6-7-16)9-14-11-8-10(19-3)4-5-12(11)15(17)18/h4-5,8,14,16H,6-7,9H2,1-3H3. The number of aliphatic hydroxyl groups excluding tert-OH is 1. The molecule has 0 aliphatic rings. The minimum atomic E-state index is -0.430. The molecule has 0 radical (unpaired) electrons. The fourth-order valence-corrected chi connectivity index (χ4v) is 1.67. The van der Waals surface area contributed by atoms with E-state index in [0.717, 1.165) is 0 Å². The molecule has 0 amide bonds. The lowest BCUT2D eigenvalue weighted by molar-refractivity contribution is -0.384. The molecular formula is C13H20N2O4. The first kappa shape index (κ1) is 15.2. The van der Waals surface area contributed by atoms with Gasteiger partial charge in [-0.05, 0) is 17.9 Å². The van der Waals surface area contributed by atoms with Gasteiger partial charge in [0.15, 0.2) is 0 Å². The first-order chi connectivity index (χ1) is 8.89. The highest BCUT2D eigenvalue weighted by molar-refractivity contribution is 5.64. The van der Waals surface area contributed by atoms with E-state index in [1.165, 1.54) is 13.2 Å². The molecule has 0 saturated heterocycles. The van der Waals surface area contributed by atoms with Crippen molar-refractivity contribution in [3.05, 3.63) is 28.3 Å². The molecule has 19 heavy (non-hydrogen) atoms. The molecule has 0 bridgehead atoms. The number of anilines is 1. The zero-order chi connectivity index (χ0) is 14.5. The van der Waals surface area contributed by atoms with Gasteiger partial charge in [0.05, 0.1) is 12.0 Å². The molecule has 0 aromatic heterocycles. The Labute approximate surface area is 112 Å². The summed E-state index contributed by atoms with van der Waals surface area (Å²) < 4.78 is 5.07. The number of nitrogens with one attached hydrogen (secondary N) is 1. The minimum Gasteiger partial charge on any atom is -0.497 e. The zero-order valence-electron chi connectivity index (χ0n) is 11.5. The van der Waals surface area contributed by atoms with E-state index in [0.29, 0.717) is 24.4 Å². The number of hydrogen-bond donors (Lipinski definition) is 2. The molecule has 6 nitrogen and oxygen atoms in total. The molecule has 0 aliphatic heterocycles. The third-order valence-corrected chi connectivity index (χ3v) is 2.95. The molecule has 0 heterocycles. The second-order valence-electron chi connectivity index (χ2n) is 5.13. The van der Waals surface area contributed by atoms with E-state index in [9.17, 15) is 10.1 Å². The van der Waals surface area contributed by atoms with Gasteiger partial charge in [-0.2, -0.15) is 0 Å². The Kier molecular flexibility index (Phi) is 5.11. The average molecular weight is 268 g/mol. The maximum Gasteiger partial charge on any atom is 0.292 e. The van der Waals surface area contributed by atoms with E-state index in [1.54, 1.807) is 12.1 Å². The van der Waals surface area contributed by atoms with Crippen LogP contribution in [0.2, 0.25) is 0 Å². The Bertz CT molecular complexity index is 446. The third kappa shape index (κ3) is 4.40. The summed E-state index contributed by atoms with van der Waals surface area (Å²) in [6.07, 6.45) is 0.623. The molecule has 0 aliphatic carbocycles. The molecule has 2 N–H and O–H groups in total. The second-order valence-corrected chi connectivity index (χ2v) is 5.13. The monoisotopic (exact) mass is 268 g/mol. The fourth-order valence-electron chi connectivity index (χ4n) is 1.67. The van der Waals surface area contributed by atoms with Gasteiger partial charge in [0, 0.05) is 25.3 Å². The van der Waals surface area contributed by atoms with Crippen LogP contribution in [0.25, 0.3) is 0 Å². The summed E-state index contributed by atoms with van der Waals surface area (Å²) in [7, 11) is 1.51. The van der Waals surface area contributed by atoms with Gasteiger partial charge in [-0.3, -0.25) is 10.1 Å². The lowest BCUT2D eigenvalue weighted by Gasteiger charge is -2.24. The van der Waals surface area contributed by atoms with E-state index >= 15 is 0 Å². The lowest BCUT2D eigenvalue weighted by atomic mass is 9.89. The molecule has 1 rings (SSSR count). The Morgan fingerprint density at radius 3 is 2.68 bits per heavy atom. The molecule has 1 aromatic rings. The topological polar surface area (TPSA) is 84.6 Å². The van der Waals surface area contributed by atoms with Gasteiger partial charge in [-0.25, -0.2) is 0 Å². The maximum absolute atomic E-state index is 11.0. The summed E-state index contributed by atoms with van der Waals surface area (Å²) in [5.41, 5.74) is 0.294. The predicted octanol–water partition coefficient (Wildman–Crippen LogP) is 2.42. The number of ether oxygens (including phenoxy) is 1. The number of aliphatic hydroxyl groups is 1. The Morgan fingerprint density at radius 1 is 1.47 bits per heavy atom. The van der Waals surface area contributed by atoms with Crippen molar-refractivity contribution >= 4 is 11.4 Å². The quantitative estimate of drug-likeness (QED) is 0.586. The molecule has 106 valence electrons. The highest BCUT2D eigenvalue weighted by atomic mass is 16.6. The normalized spacial score (nSPS) is 11.2.